The van der Waals surface area contributed by atoms with Crippen LogP contribution in [0.15, 0.2) is 48.5 Å². The smallest absolute Gasteiger partial charge is 0.237 e. The Morgan fingerprint density at radius 1 is 1.08 bits per heavy atom. The number of aromatic amines is 1. The van der Waals surface area contributed by atoms with Gasteiger partial charge in [-0.2, -0.15) is 0 Å². The number of aryl methyl sites for hydroxylation is 2. The molecule has 2 aromatic carbocycles. The number of nitrogens with zero attached hydrogens (tertiary/aromatic N) is 1. The number of likely N-dealkylation sites (N-methyl/N-ethyl adjacent to an activating group) is 1. The van der Waals surface area contributed by atoms with Gasteiger partial charge in [-0.15, -0.1) is 0 Å². The van der Waals surface area contributed by atoms with E-state index in [4.69, 9.17) is 0 Å². The molecule has 0 spiro atoms. The lowest BCUT2D eigenvalue weighted by atomic mass is 9.63. The van der Waals surface area contributed by atoms with Crippen LogP contribution >= 0.6 is 0 Å². The van der Waals surface area contributed by atoms with Gasteiger partial charge in [0.2, 0.25) is 5.91 Å². The molecule has 1 fully saturated rings. The van der Waals surface area contributed by atoms with Crippen molar-refractivity contribution in [1.29, 1.82) is 0 Å². The molecule has 3 nitrogen and oxygen atoms in total. The van der Waals surface area contributed by atoms with Gasteiger partial charge in [-0.1, -0.05) is 42.8 Å². The van der Waals surface area contributed by atoms with Crippen molar-refractivity contribution in [3.05, 3.63) is 65.4 Å². The van der Waals surface area contributed by atoms with Crippen molar-refractivity contribution in [3.63, 3.8) is 0 Å². The average Bonchev–Trinajstić information content (AvgIpc) is 2.88. The van der Waals surface area contributed by atoms with Gasteiger partial charge in [0.15, 0.2) is 0 Å². The van der Waals surface area contributed by atoms with Gasteiger partial charge in [0.05, 0.1) is 5.41 Å². The van der Waals surface area contributed by atoms with E-state index in [1.54, 1.807) is 0 Å². The molecule has 3 heteroatoms. The molecule has 0 atom stereocenters. The number of carbonyl (C=O) groups is 1. The second-order valence-corrected chi connectivity index (χ2v) is 7.27. The zero-order valence-electron chi connectivity index (χ0n) is 15.1. The Bertz CT molecular complexity index is 935. The Hall–Kier alpha value is -2.55. The zero-order chi connectivity index (χ0) is 17.6. The van der Waals surface area contributed by atoms with Gasteiger partial charge in [-0.25, -0.2) is 0 Å². The molecular weight excluding hydrogens is 308 g/mol. The molecule has 1 heterocycles. The highest BCUT2D eigenvalue weighted by atomic mass is 16.2. The lowest BCUT2D eigenvalue weighted by Gasteiger charge is -2.43. The van der Waals surface area contributed by atoms with E-state index in [-0.39, 0.29) is 11.3 Å². The molecule has 1 N–H and O–H groups in total. The van der Waals surface area contributed by atoms with Crippen molar-refractivity contribution < 1.29 is 4.79 Å². The summed E-state index contributed by atoms with van der Waals surface area (Å²) in [6.07, 6.45) is 2.98. The average molecular weight is 332 g/mol. The highest BCUT2D eigenvalue weighted by Crippen LogP contribution is 2.45. The van der Waals surface area contributed by atoms with Gasteiger partial charge in [0, 0.05) is 29.3 Å². The first kappa shape index (κ1) is 15.9. The quantitative estimate of drug-likeness (QED) is 0.730. The maximum atomic E-state index is 13.4. The fourth-order valence-corrected chi connectivity index (χ4v) is 4.02. The number of nitrogens with one attached hydrogen (secondary N) is 1. The van der Waals surface area contributed by atoms with Gasteiger partial charge < -0.3 is 9.88 Å². The molecule has 3 aromatic rings. The standard InChI is InChI=1S/C22H24N2O/c1-15-16(2)23-20-14-18(10-11-19(15)20)24(3)21(25)22(12-7-13-22)17-8-5-4-6-9-17/h4-6,8-11,14,23H,7,12-13H2,1-3H3. The Labute approximate surface area is 148 Å². The monoisotopic (exact) mass is 332 g/mol. The van der Waals surface area contributed by atoms with Crippen LogP contribution in [0, 0.1) is 13.8 Å². The van der Waals surface area contributed by atoms with Crippen LogP contribution in [0.2, 0.25) is 0 Å². The molecule has 0 radical (unpaired) electrons. The lowest BCUT2D eigenvalue weighted by Crippen LogP contribution is -2.50. The Morgan fingerprint density at radius 2 is 1.80 bits per heavy atom. The summed E-state index contributed by atoms with van der Waals surface area (Å²) in [5.74, 6) is 0.198. The number of anilines is 1. The van der Waals surface area contributed by atoms with Gasteiger partial charge in [0.25, 0.3) is 0 Å². The summed E-state index contributed by atoms with van der Waals surface area (Å²) in [7, 11) is 1.90. The Kier molecular flexibility index (Phi) is 3.68. The number of rotatable bonds is 3. The summed E-state index contributed by atoms with van der Waals surface area (Å²) in [5, 5.41) is 1.23. The Balaban J connectivity index is 1.70. The van der Waals surface area contributed by atoms with E-state index in [0.29, 0.717) is 0 Å². The van der Waals surface area contributed by atoms with E-state index in [1.165, 1.54) is 16.6 Å². The second kappa shape index (κ2) is 5.76. The maximum absolute atomic E-state index is 13.4. The summed E-state index contributed by atoms with van der Waals surface area (Å²) in [5.41, 5.74) is 5.28. The molecule has 0 aliphatic heterocycles. The zero-order valence-corrected chi connectivity index (χ0v) is 15.1. The van der Waals surface area contributed by atoms with Crippen LogP contribution in [0.1, 0.15) is 36.1 Å². The number of aromatic nitrogens is 1. The number of hydrogen-bond donors (Lipinski definition) is 1. The molecule has 0 bridgehead atoms. The van der Waals surface area contributed by atoms with Gasteiger partial charge in [0.1, 0.15) is 0 Å². The highest BCUT2D eigenvalue weighted by Gasteiger charge is 2.47. The van der Waals surface area contributed by atoms with Crippen LogP contribution in [0.5, 0.6) is 0 Å². The third-order valence-electron chi connectivity index (χ3n) is 5.93. The number of carbonyl (C=O) groups excluding carboxylic acids is 1. The van der Waals surface area contributed by atoms with Crippen LogP contribution in [0.4, 0.5) is 5.69 Å². The number of amides is 1. The van der Waals surface area contributed by atoms with Gasteiger partial charge in [-0.3, -0.25) is 4.79 Å². The molecule has 1 aromatic heterocycles. The minimum atomic E-state index is -0.355. The molecule has 0 saturated heterocycles. The summed E-state index contributed by atoms with van der Waals surface area (Å²) < 4.78 is 0. The first-order valence-electron chi connectivity index (χ1n) is 8.95. The van der Waals surface area contributed by atoms with Crippen molar-refractivity contribution in [2.75, 3.05) is 11.9 Å². The van der Waals surface area contributed by atoms with E-state index in [9.17, 15) is 4.79 Å². The van der Waals surface area contributed by atoms with Crippen molar-refractivity contribution in [2.45, 2.75) is 38.5 Å². The van der Waals surface area contributed by atoms with Crippen molar-refractivity contribution in [3.8, 4) is 0 Å². The second-order valence-electron chi connectivity index (χ2n) is 7.27. The highest BCUT2D eigenvalue weighted by molar-refractivity contribution is 6.02. The largest absolute Gasteiger partial charge is 0.358 e. The normalized spacial score (nSPS) is 15.8. The Morgan fingerprint density at radius 3 is 2.44 bits per heavy atom. The summed E-state index contributed by atoms with van der Waals surface area (Å²) in [4.78, 5) is 18.6. The minimum Gasteiger partial charge on any atom is -0.358 e. The number of H-pyrrole nitrogens is 1. The lowest BCUT2D eigenvalue weighted by molar-refractivity contribution is -0.126. The molecule has 1 aliphatic carbocycles. The molecule has 1 aliphatic rings. The topological polar surface area (TPSA) is 36.1 Å². The molecule has 25 heavy (non-hydrogen) atoms. The van der Waals surface area contributed by atoms with Crippen LogP contribution in [0.3, 0.4) is 0 Å². The summed E-state index contributed by atoms with van der Waals surface area (Å²) in [6.45, 7) is 4.21. The fraction of sp³-hybridized carbons (Fsp3) is 0.318. The van der Waals surface area contributed by atoms with E-state index in [1.807, 2.05) is 30.1 Å². The summed E-state index contributed by atoms with van der Waals surface area (Å²) in [6, 6.07) is 16.5. The molecular formula is C22H24N2O. The molecule has 1 saturated carbocycles. The third-order valence-corrected chi connectivity index (χ3v) is 5.93. The molecule has 0 unspecified atom stereocenters. The molecule has 128 valence electrons. The fourth-order valence-electron chi connectivity index (χ4n) is 4.02. The van der Waals surface area contributed by atoms with Crippen molar-refractivity contribution >= 4 is 22.5 Å². The van der Waals surface area contributed by atoms with Crippen molar-refractivity contribution in [1.82, 2.24) is 4.98 Å². The predicted molar refractivity (Wildman–Crippen MR) is 103 cm³/mol. The van der Waals surface area contributed by atoms with Gasteiger partial charge >= 0.3 is 0 Å². The van der Waals surface area contributed by atoms with E-state index >= 15 is 0 Å². The number of hydrogen-bond acceptors (Lipinski definition) is 1. The summed E-state index contributed by atoms with van der Waals surface area (Å²) >= 11 is 0. The van der Waals surface area contributed by atoms with E-state index in [2.05, 4.69) is 49.2 Å². The van der Waals surface area contributed by atoms with Crippen LogP contribution < -0.4 is 4.90 Å². The number of benzene rings is 2. The van der Waals surface area contributed by atoms with Crippen LogP contribution in [-0.4, -0.2) is 17.9 Å². The van der Waals surface area contributed by atoms with Gasteiger partial charge in [-0.05, 0) is 49.9 Å². The first-order valence-corrected chi connectivity index (χ1v) is 8.95. The number of fused-ring (bicyclic) bond motifs is 1. The maximum Gasteiger partial charge on any atom is 0.237 e. The SMILES string of the molecule is Cc1[nH]c2cc(N(C)C(=O)C3(c4ccccc4)CCC3)ccc2c1C. The van der Waals surface area contributed by atoms with Crippen LogP contribution in [-0.2, 0) is 10.2 Å². The minimum absolute atomic E-state index is 0.198. The van der Waals surface area contributed by atoms with Crippen molar-refractivity contribution in [2.24, 2.45) is 0 Å². The van der Waals surface area contributed by atoms with E-state index < -0.39 is 0 Å². The predicted octanol–water partition coefficient (Wildman–Crippen LogP) is 4.87. The third kappa shape index (κ3) is 2.38. The van der Waals surface area contributed by atoms with E-state index in [0.717, 1.165) is 36.0 Å². The molecule has 1 amide bonds. The van der Waals surface area contributed by atoms with Crippen LogP contribution in [0.25, 0.3) is 10.9 Å². The first-order chi connectivity index (χ1) is 12.0. The molecule has 4 rings (SSSR count).